The third-order valence-electron chi connectivity index (χ3n) is 2.33. The van der Waals surface area contributed by atoms with Gasteiger partial charge in [-0.1, -0.05) is 6.07 Å². The number of carbonyl (C=O) groups excluding carboxylic acids is 1. The zero-order valence-electron chi connectivity index (χ0n) is 10.2. The smallest absolute Gasteiger partial charge is 0.323 e. The second-order valence-electron chi connectivity index (χ2n) is 4.34. The lowest BCUT2D eigenvalue weighted by molar-refractivity contribution is -0.143. The van der Waals surface area contributed by atoms with Crippen molar-refractivity contribution in [1.82, 2.24) is 5.32 Å². The highest BCUT2D eigenvalue weighted by atomic mass is 127. The van der Waals surface area contributed by atoms with Gasteiger partial charge in [0.05, 0.1) is 6.54 Å². The molecule has 1 aromatic carbocycles. The van der Waals surface area contributed by atoms with Gasteiger partial charge in [-0.05, 0) is 54.6 Å². The first-order valence-corrected chi connectivity index (χ1v) is 6.43. The fourth-order valence-corrected chi connectivity index (χ4v) is 1.69. The third kappa shape index (κ3) is 4.61. The molecule has 0 atom stereocenters. The largest absolute Gasteiger partial charge is 0.480 e. The maximum atomic E-state index is 11.6. The van der Waals surface area contributed by atoms with E-state index in [0.29, 0.717) is 5.69 Å². The predicted octanol–water partition coefficient (Wildman–Crippen LogP) is 1.68. The maximum Gasteiger partial charge on any atom is 0.323 e. The topological polar surface area (TPSA) is 78.4 Å². The van der Waals surface area contributed by atoms with Crippen LogP contribution in [0.1, 0.15) is 13.8 Å². The Balaban J connectivity index is 2.50. The number of hydrogen-bond donors (Lipinski definition) is 3. The lowest BCUT2D eigenvalue weighted by Crippen LogP contribution is -2.49. The van der Waals surface area contributed by atoms with E-state index in [1.807, 2.05) is 18.2 Å². The Hall–Kier alpha value is -1.15. The number of carboxylic acids is 1. The minimum atomic E-state index is -1.12. The van der Waals surface area contributed by atoms with E-state index in [9.17, 15) is 9.59 Å². The van der Waals surface area contributed by atoms with Gasteiger partial charge in [-0.15, -0.1) is 0 Å². The van der Waals surface area contributed by atoms with Crippen molar-refractivity contribution in [1.29, 1.82) is 0 Å². The van der Waals surface area contributed by atoms with E-state index >= 15 is 0 Å². The fraction of sp³-hybridized carbons (Fsp3) is 0.333. The molecule has 0 radical (unpaired) electrons. The molecule has 0 heterocycles. The Morgan fingerprint density at radius 2 is 2.06 bits per heavy atom. The molecule has 3 N–H and O–H groups in total. The summed E-state index contributed by atoms with van der Waals surface area (Å²) >= 11 is 2.15. The van der Waals surface area contributed by atoms with Crippen LogP contribution in [0.25, 0.3) is 0 Å². The van der Waals surface area contributed by atoms with Crippen molar-refractivity contribution >= 4 is 40.2 Å². The molecule has 0 saturated carbocycles. The molecule has 0 saturated heterocycles. The molecule has 1 amide bonds. The molecule has 98 valence electrons. The standard InChI is InChI=1S/C12H15IN2O3/c1-12(2,11(17)18)14-7-10(16)15-9-5-3-4-8(13)6-9/h3-6,14H,7H2,1-2H3,(H,15,16)(H,17,18). The van der Waals surface area contributed by atoms with E-state index in [4.69, 9.17) is 5.11 Å². The summed E-state index contributed by atoms with van der Waals surface area (Å²) in [5.74, 6) is -1.27. The van der Waals surface area contributed by atoms with Crippen molar-refractivity contribution in [2.45, 2.75) is 19.4 Å². The second-order valence-corrected chi connectivity index (χ2v) is 5.59. The maximum absolute atomic E-state index is 11.6. The van der Waals surface area contributed by atoms with Crippen LogP contribution in [-0.2, 0) is 9.59 Å². The molecular weight excluding hydrogens is 347 g/mol. The number of anilines is 1. The van der Waals surface area contributed by atoms with E-state index in [1.54, 1.807) is 6.07 Å². The SMILES string of the molecule is CC(C)(NCC(=O)Nc1cccc(I)c1)C(=O)O. The van der Waals surface area contributed by atoms with Gasteiger partial charge in [0, 0.05) is 9.26 Å². The number of carbonyl (C=O) groups is 2. The first-order chi connectivity index (χ1) is 8.31. The lowest BCUT2D eigenvalue weighted by Gasteiger charge is -2.20. The number of hydrogen-bond acceptors (Lipinski definition) is 3. The Morgan fingerprint density at radius 3 is 2.61 bits per heavy atom. The summed E-state index contributed by atoms with van der Waals surface area (Å²) in [7, 11) is 0. The van der Waals surface area contributed by atoms with Crippen LogP contribution in [0, 0.1) is 3.57 Å². The predicted molar refractivity (Wildman–Crippen MR) is 77.5 cm³/mol. The zero-order chi connectivity index (χ0) is 13.8. The van der Waals surface area contributed by atoms with Crippen LogP contribution >= 0.6 is 22.6 Å². The Bertz CT molecular complexity index is 460. The third-order valence-corrected chi connectivity index (χ3v) is 3.00. The molecule has 0 fully saturated rings. The van der Waals surface area contributed by atoms with Gasteiger partial charge in [0.2, 0.25) is 5.91 Å². The average molecular weight is 362 g/mol. The number of rotatable bonds is 5. The minimum Gasteiger partial charge on any atom is -0.480 e. The zero-order valence-corrected chi connectivity index (χ0v) is 12.3. The van der Waals surface area contributed by atoms with Crippen molar-refractivity contribution in [3.63, 3.8) is 0 Å². The van der Waals surface area contributed by atoms with Crippen molar-refractivity contribution in [3.05, 3.63) is 27.8 Å². The van der Waals surface area contributed by atoms with Crippen LogP contribution in [0.15, 0.2) is 24.3 Å². The average Bonchev–Trinajstić information content (AvgIpc) is 2.26. The molecule has 6 heteroatoms. The van der Waals surface area contributed by atoms with Crippen LogP contribution in [-0.4, -0.2) is 29.1 Å². The number of amides is 1. The van der Waals surface area contributed by atoms with E-state index in [2.05, 4.69) is 33.2 Å². The molecule has 0 aliphatic rings. The van der Waals surface area contributed by atoms with Crippen molar-refractivity contribution in [3.8, 4) is 0 Å². The number of halogens is 1. The van der Waals surface area contributed by atoms with Gasteiger partial charge >= 0.3 is 5.97 Å². The number of carboxylic acid groups (broad SMARTS) is 1. The molecule has 0 bridgehead atoms. The van der Waals surface area contributed by atoms with Crippen molar-refractivity contribution in [2.75, 3.05) is 11.9 Å². The normalized spacial score (nSPS) is 11.1. The molecule has 18 heavy (non-hydrogen) atoms. The molecule has 5 nitrogen and oxygen atoms in total. The van der Waals surface area contributed by atoms with Gasteiger partial charge in [-0.25, -0.2) is 0 Å². The van der Waals surface area contributed by atoms with Gasteiger partial charge in [0.15, 0.2) is 0 Å². The summed E-state index contributed by atoms with van der Waals surface area (Å²) in [5.41, 5.74) is -0.426. The Labute approximate surface area is 119 Å². The Morgan fingerprint density at radius 1 is 1.39 bits per heavy atom. The van der Waals surface area contributed by atoms with Crippen molar-refractivity contribution < 1.29 is 14.7 Å². The highest BCUT2D eigenvalue weighted by Gasteiger charge is 2.26. The molecule has 0 unspecified atom stereocenters. The summed E-state index contributed by atoms with van der Waals surface area (Å²) < 4.78 is 1.02. The summed E-state index contributed by atoms with van der Waals surface area (Å²) in [6, 6.07) is 7.37. The second kappa shape index (κ2) is 6.14. The molecule has 0 aliphatic carbocycles. The van der Waals surface area contributed by atoms with Crippen LogP contribution in [0.5, 0.6) is 0 Å². The summed E-state index contributed by atoms with van der Waals surface area (Å²) in [6.07, 6.45) is 0. The van der Waals surface area contributed by atoms with Gasteiger partial charge in [-0.3, -0.25) is 14.9 Å². The number of benzene rings is 1. The van der Waals surface area contributed by atoms with Gasteiger partial charge < -0.3 is 10.4 Å². The summed E-state index contributed by atoms with van der Waals surface area (Å²) in [4.78, 5) is 22.5. The monoisotopic (exact) mass is 362 g/mol. The first-order valence-electron chi connectivity index (χ1n) is 5.35. The highest BCUT2D eigenvalue weighted by molar-refractivity contribution is 14.1. The number of nitrogens with one attached hydrogen (secondary N) is 2. The fourth-order valence-electron chi connectivity index (χ4n) is 1.15. The van der Waals surface area contributed by atoms with Gasteiger partial charge in [0.1, 0.15) is 5.54 Å². The summed E-state index contributed by atoms with van der Waals surface area (Å²) in [5, 5.41) is 14.3. The van der Waals surface area contributed by atoms with Crippen LogP contribution < -0.4 is 10.6 Å². The quantitative estimate of drug-likeness (QED) is 0.697. The van der Waals surface area contributed by atoms with E-state index < -0.39 is 11.5 Å². The van der Waals surface area contributed by atoms with Crippen LogP contribution in [0.2, 0.25) is 0 Å². The molecule has 0 aliphatic heterocycles. The highest BCUT2D eigenvalue weighted by Crippen LogP contribution is 2.12. The van der Waals surface area contributed by atoms with Crippen molar-refractivity contribution in [2.24, 2.45) is 0 Å². The Kier molecular flexibility index (Phi) is 5.09. The molecular formula is C12H15IN2O3. The molecule has 1 rings (SSSR count). The molecule has 1 aromatic rings. The summed E-state index contributed by atoms with van der Waals surface area (Å²) in [6.45, 7) is 2.97. The number of aliphatic carboxylic acids is 1. The van der Waals surface area contributed by atoms with Gasteiger partial charge in [-0.2, -0.15) is 0 Å². The first kappa shape index (κ1) is 14.9. The van der Waals surface area contributed by atoms with E-state index in [0.717, 1.165) is 3.57 Å². The minimum absolute atomic E-state index is 0.0508. The van der Waals surface area contributed by atoms with E-state index in [1.165, 1.54) is 13.8 Å². The van der Waals surface area contributed by atoms with Gasteiger partial charge in [0.25, 0.3) is 0 Å². The van der Waals surface area contributed by atoms with Crippen LogP contribution in [0.3, 0.4) is 0 Å². The van der Waals surface area contributed by atoms with E-state index in [-0.39, 0.29) is 12.5 Å². The van der Waals surface area contributed by atoms with Crippen LogP contribution in [0.4, 0.5) is 5.69 Å². The lowest BCUT2D eigenvalue weighted by atomic mass is 10.1. The molecule has 0 aromatic heterocycles. The molecule has 0 spiro atoms.